The molecule has 0 radical (unpaired) electrons. The molecule has 0 saturated carbocycles. The number of carbonyl (C=O) groups excluding carboxylic acids is 1. The van der Waals surface area contributed by atoms with Gasteiger partial charge >= 0.3 is 0 Å². The van der Waals surface area contributed by atoms with Crippen molar-refractivity contribution < 1.29 is 22.7 Å². The third-order valence-corrected chi connectivity index (χ3v) is 4.43. The normalized spacial score (nSPS) is 11.2. The van der Waals surface area contributed by atoms with Gasteiger partial charge < -0.3 is 14.8 Å². The predicted octanol–water partition coefficient (Wildman–Crippen LogP) is 0.906. The molecule has 1 aromatic carbocycles. The zero-order valence-corrected chi connectivity index (χ0v) is 14.3. The van der Waals surface area contributed by atoms with Crippen LogP contribution in [0.2, 0.25) is 0 Å². The highest BCUT2D eigenvalue weighted by Crippen LogP contribution is 2.15. The highest BCUT2D eigenvalue weighted by molar-refractivity contribution is 7.89. The number of benzene rings is 1. The minimum absolute atomic E-state index is 0.134. The van der Waals surface area contributed by atoms with Gasteiger partial charge in [-0.05, 0) is 30.7 Å². The lowest BCUT2D eigenvalue weighted by atomic mass is 10.3. The van der Waals surface area contributed by atoms with E-state index in [9.17, 15) is 13.2 Å². The molecule has 0 spiro atoms. The molecule has 2 N–H and O–H groups in total. The van der Waals surface area contributed by atoms with Crippen molar-refractivity contribution in [2.45, 2.75) is 24.7 Å². The van der Waals surface area contributed by atoms with Gasteiger partial charge in [0.2, 0.25) is 10.0 Å². The van der Waals surface area contributed by atoms with Crippen molar-refractivity contribution in [3.8, 4) is 5.75 Å². The molecule has 8 heteroatoms. The van der Waals surface area contributed by atoms with E-state index >= 15 is 0 Å². The average molecular weight is 344 g/mol. The van der Waals surface area contributed by atoms with E-state index in [4.69, 9.17) is 9.47 Å². The van der Waals surface area contributed by atoms with Crippen LogP contribution < -0.4 is 14.8 Å². The summed E-state index contributed by atoms with van der Waals surface area (Å²) in [6.07, 6.45) is 1.71. The van der Waals surface area contributed by atoms with Crippen LogP contribution in [0, 0.1) is 0 Å². The van der Waals surface area contributed by atoms with Gasteiger partial charge in [0, 0.05) is 20.2 Å². The van der Waals surface area contributed by atoms with E-state index < -0.39 is 10.0 Å². The molecule has 7 nitrogen and oxygen atoms in total. The molecule has 1 rings (SSSR count). The van der Waals surface area contributed by atoms with Crippen LogP contribution in [0.25, 0.3) is 0 Å². The topological polar surface area (TPSA) is 93.7 Å². The Morgan fingerprint density at radius 1 is 1.17 bits per heavy atom. The molecule has 1 amide bonds. The zero-order chi connectivity index (χ0) is 17.1. The summed E-state index contributed by atoms with van der Waals surface area (Å²) >= 11 is 0. The van der Waals surface area contributed by atoms with Crippen molar-refractivity contribution in [2.75, 3.05) is 33.4 Å². The first-order valence-corrected chi connectivity index (χ1v) is 8.96. The van der Waals surface area contributed by atoms with E-state index in [0.717, 1.165) is 12.8 Å². The van der Waals surface area contributed by atoms with E-state index in [2.05, 4.69) is 10.0 Å². The van der Waals surface area contributed by atoms with E-state index in [0.29, 0.717) is 25.4 Å². The summed E-state index contributed by atoms with van der Waals surface area (Å²) in [5.74, 6) is 0.166. The maximum Gasteiger partial charge on any atom is 0.258 e. The summed E-state index contributed by atoms with van der Waals surface area (Å²) in [6.45, 7) is 3.12. The number of nitrogens with one attached hydrogen (secondary N) is 2. The minimum atomic E-state index is -3.49. The van der Waals surface area contributed by atoms with Gasteiger partial charge in [-0.15, -0.1) is 0 Å². The number of hydrogen-bond donors (Lipinski definition) is 2. The van der Waals surface area contributed by atoms with Crippen molar-refractivity contribution in [1.29, 1.82) is 0 Å². The zero-order valence-electron chi connectivity index (χ0n) is 13.5. The molecule has 130 valence electrons. The smallest absolute Gasteiger partial charge is 0.258 e. The van der Waals surface area contributed by atoms with Crippen LogP contribution in [0.4, 0.5) is 0 Å². The van der Waals surface area contributed by atoms with Crippen LogP contribution in [0.15, 0.2) is 29.2 Å². The first-order valence-electron chi connectivity index (χ1n) is 7.47. The lowest BCUT2D eigenvalue weighted by Gasteiger charge is -2.09. The average Bonchev–Trinajstić information content (AvgIpc) is 2.54. The van der Waals surface area contributed by atoms with E-state index in [1.807, 2.05) is 6.92 Å². The van der Waals surface area contributed by atoms with Crippen molar-refractivity contribution in [3.05, 3.63) is 24.3 Å². The highest BCUT2D eigenvalue weighted by atomic mass is 32.2. The number of methoxy groups -OCH3 is 1. The second-order valence-electron chi connectivity index (χ2n) is 4.85. The number of amides is 1. The Labute approximate surface area is 137 Å². The molecular weight excluding hydrogens is 320 g/mol. The molecule has 0 heterocycles. The van der Waals surface area contributed by atoms with Crippen LogP contribution in [-0.2, 0) is 19.6 Å². The molecule has 0 unspecified atom stereocenters. The van der Waals surface area contributed by atoms with Gasteiger partial charge in [0.05, 0.1) is 11.5 Å². The number of sulfonamides is 1. The van der Waals surface area contributed by atoms with Crippen LogP contribution in [0.3, 0.4) is 0 Å². The Hall–Kier alpha value is -1.64. The largest absolute Gasteiger partial charge is 0.484 e. The summed E-state index contributed by atoms with van der Waals surface area (Å²) in [6, 6.07) is 5.95. The molecule has 23 heavy (non-hydrogen) atoms. The quantitative estimate of drug-likeness (QED) is 0.582. The van der Waals surface area contributed by atoms with Crippen molar-refractivity contribution >= 4 is 15.9 Å². The van der Waals surface area contributed by atoms with Crippen molar-refractivity contribution in [2.24, 2.45) is 0 Å². The predicted molar refractivity (Wildman–Crippen MR) is 86.9 cm³/mol. The summed E-state index contributed by atoms with van der Waals surface area (Å²) in [5, 5.41) is 2.62. The SMILES string of the molecule is CCCCNS(=O)(=O)c1ccc(OCC(=O)NCCOC)cc1. The second kappa shape index (κ2) is 10.2. The van der Waals surface area contributed by atoms with Crippen LogP contribution >= 0.6 is 0 Å². The summed E-state index contributed by atoms with van der Waals surface area (Å²) in [7, 11) is -1.94. The lowest BCUT2D eigenvalue weighted by molar-refractivity contribution is -0.123. The van der Waals surface area contributed by atoms with Gasteiger partial charge in [0.1, 0.15) is 5.75 Å². The molecule has 0 atom stereocenters. The number of hydrogen-bond acceptors (Lipinski definition) is 5. The number of unbranched alkanes of at least 4 members (excludes halogenated alkanes) is 1. The van der Waals surface area contributed by atoms with Gasteiger partial charge in [0.25, 0.3) is 5.91 Å². The Bertz CT molecular complexity index is 572. The summed E-state index contributed by atoms with van der Waals surface area (Å²) in [5.41, 5.74) is 0. The molecule has 0 fully saturated rings. The van der Waals surface area contributed by atoms with E-state index in [1.165, 1.54) is 24.3 Å². The van der Waals surface area contributed by atoms with Gasteiger partial charge in [-0.25, -0.2) is 13.1 Å². The fourth-order valence-electron chi connectivity index (χ4n) is 1.67. The minimum Gasteiger partial charge on any atom is -0.484 e. The highest BCUT2D eigenvalue weighted by Gasteiger charge is 2.13. The third-order valence-electron chi connectivity index (χ3n) is 2.95. The number of ether oxygens (including phenoxy) is 2. The number of carbonyl (C=O) groups is 1. The first-order chi connectivity index (χ1) is 11.0. The molecule has 0 bridgehead atoms. The fourth-order valence-corrected chi connectivity index (χ4v) is 2.75. The van der Waals surface area contributed by atoms with Gasteiger partial charge in [0.15, 0.2) is 6.61 Å². The van der Waals surface area contributed by atoms with E-state index in [-0.39, 0.29) is 17.4 Å². The van der Waals surface area contributed by atoms with Gasteiger partial charge in [-0.3, -0.25) is 4.79 Å². The van der Waals surface area contributed by atoms with Crippen molar-refractivity contribution in [3.63, 3.8) is 0 Å². The van der Waals surface area contributed by atoms with Crippen molar-refractivity contribution in [1.82, 2.24) is 10.0 Å². The fraction of sp³-hybridized carbons (Fsp3) is 0.533. The molecular formula is C15H24N2O5S. The first kappa shape index (κ1) is 19.4. The number of rotatable bonds is 11. The van der Waals surface area contributed by atoms with Crippen LogP contribution in [0.1, 0.15) is 19.8 Å². The van der Waals surface area contributed by atoms with Gasteiger partial charge in [-0.1, -0.05) is 13.3 Å². The molecule has 0 aliphatic carbocycles. The second-order valence-corrected chi connectivity index (χ2v) is 6.62. The Morgan fingerprint density at radius 3 is 2.48 bits per heavy atom. The molecule has 0 aliphatic rings. The van der Waals surface area contributed by atoms with Crippen LogP contribution in [0.5, 0.6) is 5.75 Å². The molecule has 0 aromatic heterocycles. The summed E-state index contributed by atoms with van der Waals surface area (Å²) in [4.78, 5) is 11.6. The summed E-state index contributed by atoms with van der Waals surface area (Å²) < 4.78 is 36.6. The Balaban J connectivity index is 2.48. The third kappa shape index (κ3) is 7.45. The van der Waals surface area contributed by atoms with Crippen LogP contribution in [-0.4, -0.2) is 47.7 Å². The monoisotopic (exact) mass is 344 g/mol. The Kier molecular flexibility index (Phi) is 8.60. The molecule has 0 aliphatic heterocycles. The van der Waals surface area contributed by atoms with Gasteiger partial charge in [-0.2, -0.15) is 0 Å². The maximum atomic E-state index is 12.0. The Morgan fingerprint density at radius 2 is 1.87 bits per heavy atom. The molecule has 0 saturated heterocycles. The lowest BCUT2D eigenvalue weighted by Crippen LogP contribution is -2.31. The van der Waals surface area contributed by atoms with E-state index in [1.54, 1.807) is 7.11 Å². The standard InChI is InChI=1S/C15H24N2O5S/c1-3-4-9-17-23(19,20)14-7-5-13(6-8-14)22-12-15(18)16-10-11-21-2/h5-8,17H,3-4,9-12H2,1-2H3,(H,16,18). The molecule has 1 aromatic rings. The maximum absolute atomic E-state index is 12.0.